The van der Waals surface area contributed by atoms with Gasteiger partial charge in [-0.05, 0) is 31.2 Å². The Balaban J connectivity index is 1.73. The van der Waals surface area contributed by atoms with Crippen LogP contribution in [0, 0.1) is 11.6 Å². The summed E-state index contributed by atoms with van der Waals surface area (Å²) in [6.07, 6.45) is -4.97. The summed E-state index contributed by atoms with van der Waals surface area (Å²) in [5.74, 6) is -2.68. The number of methoxy groups -OCH3 is 1. The van der Waals surface area contributed by atoms with Gasteiger partial charge >= 0.3 is 6.18 Å². The second-order valence-corrected chi connectivity index (χ2v) is 8.72. The van der Waals surface area contributed by atoms with E-state index in [9.17, 15) is 26.7 Å². The van der Waals surface area contributed by atoms with Gasteiger partial charge in [0.1, 0.15) is 17.7 Å². The molecule has 7 nitrogen and oxygen atoms in total. The Kier molecular flexibility index (Phi) is 5.83. The predicted molar refractivity (Wildman–Crippen MR) is 118 cm³/mol. The summed E-state index contributed by atoms with van der Waals surface area (Å²) in [5.41, 5.74) is -2.71. The molecule has 13 heteroatoms. The number of rotatable bonds is 3. The molecule has 0 aliphatic carbocycles. The van der Waals surface area contributed by atoms with Crippen LogP contribution < -0.4 is 0 Å². The molecule has 1 atom stereocenters. The third-order valence-electron chi connectivity index (χ3n) is 6.08. The van der Waals surface area contributed by atoms with Gasteiger partial charge in [-0.1, -0.05) is 17.7 Å². The molecule has 3 aromatic rings. The van der Waals surface area contributed by atoms with Gasteiger partial charge in [-0.3, -0.25) is 9.79 Å². The summed E-state index contributed by atoms with van der Waals surface area (Å²) in [4.78, 5) is 22.9. The maximum atomic E-state index is 14.8. The van der Waals surface area contributed by atoms with Crippen LogP contribution in [0.2, 0.25) is 5.02 Å². The van der Waals surface area contributed by atoms with Crippen molar-refractivity contribution in [1.82, 2.24) is 19.7 Å². The number of aliphatic imine (C=N–C) groups is 1. The molecular formula is C23H17ClF5N5O2. The van der Waals surface area contributed by atoms with Crippen LogP contribution in [0.1, 0.15) is 46.1 Å². The fourth-order valence-electron chi connectivity index (χ4n) is 4.17. The van der Waals surface area contributed by atoms with Crippen molar-refractivity contribution in [2.45, 2.75) is 25.2 Å². The summed E-state index contributed by atoms with van der Waals surface area (Å²) in [5, 5.41) is 3.43. The number of hydrogen-bond acceptors (Lipinski definition) is 5. The van der Waals surface area contributed by atoms with Crippen LogP contribution >= 0.6 is 11.6 Å². The zero-order chi connectivity index (χ0) is 25.9. The minimum Gasteiger partial charge on any atom is -0.378 e. The maximum absolute atomic E-state index is 14.8. The number of likely N-dealkylation sites (tertiary alicyclic amines) is 1. The molecule has 188 valence electrons. The largest absolute Gasteiger partial charge is 0.417 e. The van der Waals surface area contributed by atoms with Crippen molar-refractivity contribution in [3.8, 4) is 5.69 Å². The molecule has 2 aliphatic rings. The SMILES string of the molecule is COC1CN(C(=O)c2nc3n(n2)-c2ccc(C(F)(F)F)c(Cl)c2C(c2c(F)cccc2F)=N[C@H]3C)C1. The Bertz CT molecular complexity index is 1390. The van der Waals surface area contributed by atoms with E-state index in [-0.39, 0.29) is 29.0 Å². The minimum atomic E-state index is -4.86. The summed E-state index contributed by atoms with van der Waals surface area (Å²) in [6, 6.07) is 3.90. The topological polar surface area (TPSA) is 72.6 Å². The van der Waals surface area contributed by atoms with Crippen LogP contribution in [-0.2, 0) is 10.9 Å². The minimum absolute atomic E-state index is 0.0568. The molecule has 5 rings (SSSR count). The molecule has 1 amide bonds. The molecule has 0 saturated carbocycles. The molecule has 0 N–H and O–H groups in total. The first kappa shape index (κ1) is 24.3. The summed E-state index contributed by atoms with van der Waals surface area (Å²) in [6.45, 7) is 2.19. The number of alkyl halides is 3. The van der Waals surface area contributed by atoms with E-state index in [0.717, 1.165) is 35.0 Å². The number of aromatic nitrogens is 3. The smallest absolute Gasteiger partial charge is 0.378 e. The zero-order valence-corrected chi connectivity index (χ0v) is 19.5. The van der Waals surface area contributed by atoms with Crippen molar-refractivity contribution in [1.29, 1.82) is 0 Å². The van der Waals surface area contributed by atoms with Crippen molar-refractivity contribution >= 4 is 23.2 Å². The third kappa shape index (κ3) is 3.84. The van der Waals surface area contributed by atoms with E-state index < -0.39 is 51.6 Å². The average Bonchev–Trinajstić information content (AvgIpc) is 3.18. The average molecular weight is 526 g/mol. The molecule has 0 bridgehead atoms. The molecule has 3 heterocycles. The molecule has 1 fully saturated rings. The van der Waals surface area contributed by atoms with E-state index in [4.69, 9.17) is 16.3 Å². The van der Waals surface area contributed by atoms with Crippen LogP contribution in [0.3, 0.4) is 0 Å². The Morgan fingerprint density at radius 1 is 1.11 bits per heavy atom. The maximum Gasteiger partial charge on any atom is 0.417 e. The molecule has 2 aliphatic heterocycles. The molecule has 0 radical (unpaired) electrons. The molecule has 36 heavy (non-hydrogen) atoms. The van der Waals surface area contributed by atoms with Crippen molar-refractivity contribution in [3.05, 3.63) is 75.3 Å². The van der Waals surface area contributed by atoms with Crippen molar-refractivity contribution < 1.29 is 31.5 Å². The number of fused-ring (bicyclic) bond motifs is 3. The van der Waals surface area contributed by atoms with E-state index in [0.29, 0.717) is 13.1 Å². The van der Waals surface area contributed by atoms with E-state index >= 15 is 0 Å². The van der Waals surface area contributed by atoms with Gasteiger partial charge < -0.3 is 9.64 Å². The van der Waals surface area contributed by atoms with E-state index in [1.807, 2.05) is 0 Å². The van der Waals surface area contributed by atoms with Gasteiger partial charge in [-0.15, -0.1) is 5.10 Å². The van der Waals surface area contributed by atoms with Gasteiger partial charge in [-0.25, -0.2) is 18.4 Å². The van der Waals surface area contributed by atoms with Gasteiger partial charge in [0.25, 0.3) is 5.91 Å². The highest BCUT2D eigenvalue weighted by Gasteiger charge is 2.39. The Labute approximate surface area is 206 Å². The number of carbonyl (C=O) groups excluding carboxylic acids is 1. The molecular weight excluding hydrogens is 509 g/mol. The van der Waals surface area contributed by atoms with Gasteiger partial charge in [-0.2, -0.15) is 13.2 Å². The monoisotopic (exact) mass is 525 g/mol. The zero-order valence-electron chi connectivity index (χ0n) is 18.8. The van der Waals surface area contributed by atoms with Crippen LogP contribution in [0.25, 0.3) is 5.69 Å². The summed E-state index contributed by atoms with van der Waals surface area (Å²) >= 11 is 6.23. The Morgan fingerprint density at radius 2 is 1.78 bits per heavy atom. The first-order valence-electron chi connectivity index (χ1n) is 10.7. The van der Waals surface area contributed by atoms with Gasteiger partial charge in [0.05, 0.1) is 33.7 Å². The number of nitrogens with zero attached hydrogens (tertiary/aromatic N) is 5. The van der Waals surface area contributed by atoms with E-state index in [2.05, 4.69) is 15.1 Å². The standard InChI is InChI=1S/C23H17ClF5N5O2/c1-10-21-31-20(22(35)33-8-11(9-33)36-2)32-34(21)15-7-6-12(23(27,28)29)18(24)17(15)19(30-10)16-13(25)4-3-5-14(16)26/h3-7,10-11H,8-9H2,1-2H3/t10-/m0/s1. The van der Waals surface area contributed by atoms with Crippen LogP contribution in [0.15, 0.2) is 35.3 Å². The second-order valence-electron chi connectivity index (χ2n) is 8.34. The second kappa shape index (κ2) is 8.63. The first-order valence-corrected chi connectivity index (χ1v) is 11.1. The fraction of sp³-hybridized carbons (Fsp3) is 0.304. The number of carbonyl (C=O) groups is 1. The molecule has 0 unspecified atom stereocenters. The lowest BCUT2D eigenvalue weighted by atomic mass is 9.97. The van der Waals surface area contributed by atoms with E-state index in [1.54, 1.807) is 0 Å². The number of amides is 1. The molecule has 0 spiro atoms. The van der Waals surface area contributed by atoms with Gasteiger partial charge in [0.15, 0.2) is 5.82 Å². The summed E-state index contributed by atoms with van der Waals surface area (Å²) < 4.78 is 77.0. The number of halogens is 6. The lowest BCUT2D eigenvalue weighted by Crippen LogP contribution is -2.54. The van der Waals surface area contributed by atoms with Crippen LogP contribution in [0.5, 0.6) is 0 Å². The van der Waals surface area contributed by atoms with Crippen molar-refractivity contribution in [3.63, 3.8) is 0 Å². The quantitative estimate of drug-likeness (QED) is 0.469. The lowest BCUT2D eigenvalue weighted by molar-refractivity contribution is -0.137. The lowest BCUT2D eigenvalue weighted by Gasteiger charge is -2.37. The highest BCUT2D eigenvalue weighted by molar-refractivity contribution is 6.37. The highest BCUT2D eigenvalue weighted by atomic mass is 35.5. The first-order chi connectivity index (χ1) is 17.0. The molecule has 2 aromatic carbocycles. The summed E-state index contributed by atoms with van der Waals surface area (Å²) in [7, 11) is 1.52. The van der Waals surface area contributed by atoms with Crippen LogP contribution in [0.4, 0.5) is 22.0 Å². The van der Waals surface area contributed by atoms with Crippen molar-refractivity contribution in [2.24, 2.45) is 4.99 Å². The van der Waals surface area contributed by atoms with Gasteiger partial charge in [0, 0.05) is 25.8 Å². The third-order valence-corrected chi connectivity index (χ3v) is 6.47. The number of ether oxygens (including phenoxy) is 1. The van der Waals surface area contributed by atoms with Crippen molar-refractivity contribution in [2.75, 3.05) is 20.2 Å². The normalized spacial score (nSPS) is 17.7. The van der Waals surface area contributed by atoms with E-state index in [1.165, 1.54) is 18.9 Å². The Hall–Kier alpha value is -3.38. The Morgan fingerprint density at radius 3 is 2.39 bits per heavy atom. The molecule has 1 saturated heterocycles. The molecule has 1 aromatic heterocycles. The number of hydrogen-bond donors (Lipinski definition) is 0. The highest BCUT2D eigenvalue weighted by Crippen LogP contribution is 2.42. The van der Waals surface area contributed by atoms with Gasteiger partial charge in [0.2, 0.25) is 5.82 Å². The van der Waals surface area contributed by atoms with Crippen LogP contribution in [-0.4, -0.2) is 57.6 Å². The number of benzene rings is 2. The predicted octanol–water partition coefficient (Wildman–Crippen LogP) is 4.60. The fourth-order valence-corrected chi connectivity index (χ4v) is 4.53.